The Morgan fingerprint density at radius 2 is 0.435 bits per heavy atom. The summed E-state index contributed by atoms with van der Waals surface area (Å²) in [6.07, 6.45) is 2.25. The smallest absolute Gasteiger partial charge is 0.222 e. The topological polar surface area (TPSA) is 123 Å². The molecule has 2 aromatic carbocycles. The van der Waals surface area contributed by atoms with E-state index < -0.39 is 0 Å². The van der Waals surface area contributed by atoms with E-state index in [4.69, 9.17) is 30.6 Å². The molecule has 0 aliphatic heterocycles. The number of hydrogen-bond acceptors (Lipinski definition) is 6. The highest BCUT2D eigenvalue weighted by molar-refractivity contribution is 5.26. The van der Waals surface area contributed by atoms with Gasteiger partial charge in [-0.25, -0.2) is 30.6 Å². The molecule has 0 bridgehead atoms. The van der Waals surface area contributed by atoms with Crippen molar-refractivity contribution in [3.8, 4) is 0 Å². The van der Waals surface area contributed by atoms with Crippen molar-refractivity contribution in [2.45, 2.75) is 14.9 Å². The maximum Gasteiger partial charge on any atom is 0.231 e. The molecule has 0 atom stereocenters. The summed E-state index contributed by atoms with van der Waals surface area (Å²) in [7, 11) is 0. The van der Waals surface area contributed by atoms with Gasteiger partial charge in [-0.3, -0.25) is 0 Å². The van der Waals surface area contributed by atoms with Crippen molar-refractivity contribution in [3.05, 3.63) is 72.8 Å². The van der Waals surface area contributed by atoms with Gasteiger partial charge in [-0.05, 0) is 0 Å². The van der Waals surface area contributed by atoms with Crippen LogP contribution in [0.2, 0.25) is 0 Å². The van der Waals surface area contributed by atoms with Crippen LogP contribution in [-0.4, -0.2) is 18.2 Å². The normalized spacial score (nSPS) is 5.22. The summed E-state index contributed by atoms with van der Waals surface area (Å²) in [5, 5.41) is 16.2. The Kier molecular flexibility index (Phi) is 59.2. The molecule has 23 heavy (non-hydrogen) atoms. The third-order valence-electron chi connectivity index (χ3n) is 1.33. The fraction of sp³-hybridized carbons (Fsp3) is 0.118. The van der Waals surface area contributed by atoms with E-state index in [1.807, 2.05) is 72.8 Å². The summed E-state index contributed by atoms with van der Waals surface area (Å²) in [6, 6.07) is 24.0. The van der Waals surface area contributed by atoms with Gasteiger partial charge in [-0.1, -0.05) is 87.6 Å². The zero-order valence-electron chi connectivity index (χ0n) is 11.2. The second-order valence-electron chi connectivity index (χ2n) is 2.62. The van der Waals surface area contributed by atoms with E-state index in [1.165, 1.54) is 0 Å². The van der Waals surface area contributed by atoms with Crippen molar-refractivity contribution in [1.29, 1.82) is 16.2 Å². The summed E-state index contributed by atoms with van der Waals surface area (Å²) in [5.74, 6) is 0. The first-order chi connectivity index (χ1) is 10.2. The summed E-state index contributed by atoms with van der Waals surface area (Å²) in [4.78, 5) is 25.0. The van der Waals surface area contributed by atoms with Crippen LogP contribution in [0.1, 0.15) is 14.9 Å². The van der Waals surface area contributed by atoms with Crippen molar-refractivity contribution in [1.82, 2.24) is 0 Å². The lowest BCUT2D eigenvalue weighted by molar-refractivity contribution is 0.562. The number of hydrogen-bond donors (Lipinski definition) is 3. The van der Waals surface area contributed by atoms with E-state index in [0.717, 1.165) is 18.2 Å². The average Bonchev–Trinajstić information content (AvgIpc) is 2.54. The molecule has 0 heterocycles. The highest BCUT2D eigenvalue weighted by Crippen LogP contribution is 1.80. The lowest BCUT2D eigenvalue weighted by atomic mass is 10.4. The quantitative estimate of drug-likeness (QED) is 0.494. The molecule has 2 rings (SSSR count). The molecule has 124 valence electrons. The molecule has 0 amide bonds. The maximum atomic E-state index is 8.35. The molecule has 2 aromatic rings. The Morgan fingerprint density at radius 1 is 0.391 bits per heavy atom. The molecule has 0 unspecified atom stereocenters. The second-order valence-corrected chi connectivity index (χ2v) is 2.62. The Balaban J connectivity index is -0.0000000604. The lowest BCUT2D eigenvalue weighted by Gasteiger charge is -1.69. The third-order valence-corrected chi connectivity index (χ3v) is 1.33. The van der Waals surface area contributed by atoms with E-state index in [1.54, 1.807) is 0 Å². The molecular weight excluding hydrogens is 294 g/mol. The molecule has 0 fully saturated rings. The molecule has 0 saturated heterocycles. The second kappa shape index (κ2) is 42.8. The minimum atomic E-state index is 0. The minimum absolute atomic E-state index is 0. The highest BCUT2D eigenvalue weighted by atomic mass is 16.1. The monoisotopic (exact) mass is 317 g/mol. The first-order valence-corrected chi connectivity index (χ1v) is 5.36. The van der Waals surface area contributed by atoms with Gasteiger partial charge in [0.25, 0.3) is 0 Å². The molecule has 0 radical (unpaired) electrons. The number of carbonyl (C=O) groups excluding carboxylic acids is 3. The van der Waals surface area contributed by atoms with Crippen LogP contribution < -0.4 is 0 Å². The van der Waals surface area contributed by atoms with E-state index >= 15 is 0 Å². The van der Waals surface area contributed by atoms with Crippen molar-refractivity contribution >= 4 is 18.2 Å². The number of nitrogens with one attached hydrogen (secondary N) is 3. The van der Waals surface area contributed by atoms with Crippen LogP contribution >= 0.6 is 0 Å². The van der Waals surface area contributed by atoms with Gasteiger partial charge in [0.05, 0.1) is 0 Å². The number of benzene rings is 2. The van der Waals surface area contributed by atoms with Crippen LogP contribution in [0.15, 0.2) is 72.8 Å². The molecule has 3 N–H and O–H groups in total. The predicted molar refractivity (Wildman–Crippen MR) is 91.6 cm³/mol. The zero-order valence-corrected chi connectivity index (χ0v) is 11.2. The first-order valence-electron chi connectivity index (χ1n) is 5.36. The molecule has 0 saturated carbocycles. The van der Waals surface area contributed by atoms with Gasteiger partial charge in [0.2, 0.25) is 18.2 Å². The highest BCUT2D eigenvalue weighted by Gasteiger charge is 1.58. The van der Waals surface area contributed by atoms with Crippen LogP contribution in [0.4, 0.5) is 0 Å². The van der Waals surface area contributed by atoms with Crippen LogP contribution in [0.3, 0.4) is 0 Å². The fourth-order valence-corrected chi connectivity index (χ4v) is 0.770. The summed E-state index contributed by atoms with van der Waals surface area (Å²) in [5.41, 5.74) is 0. The van der Waals surface area contributed by atoms with Gasteiger partial charge in [0.1, 0.15) is 0 Å². The Bertz CT molecular complexity index is 386. The number of isocyanates is 3. The van der Waals surface area contributed by atoms with Gasteiger partial charge in [-0.15, -0.1) is 0 Å². The summed E-state index contributed by atoms with van der Waals surface area (Å²) < 4.78 is 0. The van der Waals surface area contributed by atoms with Crippen molar-refractivity contribution in [2.75, 3.05) is 0 Å². The Hall–Kier alpha value is -3.42. The molecule has 0 aliphatic carbocycles. The molecule has 6 nitrogen and oxygen atoms in total. The molecule has 0 aliphatic rings. The third kappa shape index (κ3) is 69.4. The van der Waals surface area contributed by atoms with E-state index in [0.29, 0.717) is 0 Å². The van der Waals surface area contributed by atoms with Crippen LogP contribution in [0.5, 0.6) is 0 Å². The van der Waals surface area contributed by atoms with Gasteiger partial charge < -0.3 is 0 Å². The van der Waals surface area contributed by atoms with Crippen LogP contribution in [-0.2, 0) is 14.4 Å². The van der Waals surface area contributed by atoms with Gasteiger partial charge in [0.15, 0.2) is 0 Å². The lowest BCUT2D eigenvalue weighted by Crippen LogP contribution is -1.47. The zero-order chi connectivity index (χ0) is 16.6. The Morgan fingerprint density at radius 3 is 0.478 bits per heavy atom. The summed E-state index contributed by atoms with van der Waals surface area (Å²) in [6.45, 7) is 0. The standard InChI is InChI=1S/2C6H6.3CHNO.2CH4/c2*1-2-4-6-5-3-1;3*2-1-3;;/h2*1-6H;3*2H;2*1H4. The number of rotatable bonds is 0. The van der Waals surface area contributed by atoms with E-state index in [-0.39, 0.29) is 14.9 Å². The van der Waals surface area contributed by atoms with E-state index in [2.05, 4.69) is 0 Å². The van der Waals surface area contributed by atoms with Crippen molar-refractivity contribution in [3.63, 3.8) is 0 Å². The van der Waals surface area contributed by atoms with Crippen LogP contribution in [0.25, 0.3) is 0 Å². The molecule has 0 spiro atoms. The van der Waals surface area contributed by atoms with Gasteiger partial charge >= 0.3 is 0 Å². The van der Waals surface area contributed by atoms with Crippen LogP contribution in [0, 0.1) is 16.2 Å². The minimum Gasteiger partial charge on any atom is -0.222 e. The van der Waals surface area contributed by atoms with E-state index in [9.17, 15) is 0 Å². The summed E-state index contributed by atoms with van der Waals surface area (Å²) >= 11 is 0. The average molecular weight is 317 g/mol. The SMILES string of the molecule is C.C.N=C=O.N=C=O.N=C=O.c1ccccc1.c1ccccc1. The maximum absolute atomic E-state index is 8.35. The van der Waals surface area contributed by atoms with Gasteiger partial charge in [-0.2, -0.15) is 0 Å². The first kappa shape index (κ1) is 31.8. The van der Waals surface area contributed by atoms with Gasteiger partial charge in [0, 0.05) is 0 Å². The molecular formula is C17H23N3O3. The fourth-order valence-electron chi connectivity index (χ4n) is 0.770. The molecule has 6 heteroatoms. The van der Waals surface area contributed by atoms with Crippen molar-refractivity contribution < 1.29 is 14.4 Å². The predicted octanol–water partition coefficient (Wildman–Crippen LogP) is 4.35. The Labute approximate surface area is 137 Å². The largest absolute Gasteiger partial charge is 0.231 e. The van der Waals surface area contributed by atoms with Crippen molar-refractivity contribution in [2.24, 2.45) is 0 Å². The molecule has 0 aromatic heterocycles.